The van der Waals surface area contributed by atoms with Gasteiger partial charge in [-0.3, -0.25) is 4.98 Å². The van der Waals surface area contributed by atoms with E-state index in [9.17, 15) is 9.90 Å². The summed E-state index contributed by atoms with van der Waals surface area (Å²) in [6.07, 6.45) is 2.78. The fourth-order valence-electron chi connectivity index (χ4n) is 1.24. The first-order valence-electron chi connectivity index (χ1n) is 3.74. The fourth-order valence-corrected chi connectivity index (χ4v) is 1.24. The second kappa shape index (κ2) is 3.87. The summed E-state index contributed by atoms with van der Waals surface area (Å²) in [5.74, 6) is -0.613. The van der Waals surface area contributed by atoms with Gasteiger partial charge in [-0.25, -0.2) is 0 Å². The predicted molar refractivity (Wildman–Crippen MR) is 43.1 cm³/mol. The third-order valence-electron chi connectivity index (χ3n) is 1.77. The monoisotopic (exact) mass is 183 g/mol. The number of aromatic carboxylic acids is 1. The number of hydrogen-bond acceptors (Lipinski definition) is 4. The molecule has 66 valence electrons. The molecule has 0 aliphatic rings. The minimum atomic E-state index is -1.27. The van der Waals surface area contributed by atoms with Gasteiger partial charge in [-0.15, -0.1) is 0 Å². The maximum absolute atomic E-state index is 10.6. The molecule has 0 amide bonds. The molecule has 0 atom stereocenters. The number of pyridine rings is 1. The maximum atomic E-state index is 10.6. The second-order valence-electron chi connectivity index (χ2n) is 2.75. The van der Waals surface area contributed by atoms with Crippen LogP contribution in [0.2, 0.25) is 0 Å². The van der Waals surface area contributed by atoms with E-state index in [1.807, 2.05) is 0 Å². The van der Waals surface area contributed by atoms with Crippen LogP contribution in [0.3, 0.4) is 0 Å². The molecule has 0 saturated carbocycles. The first-order chi connectivity index (χ1) is 6.18. The summed E-state index contributed by atoms with van der Waals surface area (Å²) in [7, 11) is 0. The average Bonchev–Trinajstić information content (AvgIpc) is 2.43. The van der Waals surface area contributed by atoms with E-state index in [4.69, 9.17) is 4.42 Å². The van der Waals surface area contributed by atoms with E-state index in [2.05, 4.69) is 4.98 Å². The summed E-state index contributed by atoms with van der Waals surface area (Å²) < 4.78 is 5.20. The van der Waals surface area contributed by atoms with E-state index >= 15 is 0 Å². The molecule has 0 saturated heterocycles. The zero-order valence-corrected chi connectivity index (χ0v) is 7.90. The Morgan fingerprint density at radius 3 is 2.86 bits per heavy atom. The molecule has 0 aliphatic heterocycles. The van der Waals surface area contributed by atoms with Crippen molar-refractivity contribution in [3.05, 3.63) is 29.8 Å². The Kier molecular flexibility index (Phi) is 2.99. The quantitative estimate of drug-likeness (QED) is 0.458. The summed E-state index contributed by atoms with van der Waals surface area (Å²) in [6, 6.07) is 1.73. The van der Waals surface area contributed by atoms with Gasteiger partial charge in [0.15, 0.2) is 0 Å². The van der Waals surface area contributed by atoms with Gasteiger partial charge < -0.3 is 14.3 Å². The Morgan fingerprint density at radius 2 is 2.21 bits per heavy atom. The predicted octanol–water partition coefficient (Wildman–Crippen LogP) is -2.50. The third-order valence-corrected chi connectivity index (χ3v) is 1.77. The number of carboxylic acids is 1. The first-order valence-corrected chi connectivity index (χ1v) is 3.74. The largest absolute Gasteiger partial charge is 1.00 e. The molecule has 14 heavy (non-hydrogen) atoms. The van der Waals surface area contributed by atoms with Gasteiger partial charge in [-0.1, -0.05) is 0 Å². The van der Waals surface area contributed by atoms with Crippen LogP contribution in [0.1, 0.15) is 16.1 Å². The van der Waals surface area contributed by atoms with Crippen LogP contribution < -0.4 is 24.0 Å². The van der Waals surface area contributed by atoms with Crippen molar-refractivity contribution in [2.24, 2.45) is 0 Å². The number of carbonyl (C=O) groups is 1. The number of fused-ring (bicyclic) bond motifs is 1. The Morgan fingerprint density at radius 1 is 1.50 bits per heavy atom. The Hall–Kier alpha value is -1.24. The zero-order chi connectivity index (χ0) is 9.42. The molecule has 2 aromatic heterocycles. The van der Waals surface area contributed by atoms with Crippen LogP contribution >= 0.6 is 0 Å². The summed E-state index contributed by atoms with van der Waals surface area (Å²) in [6.45, 7) is 1.75. The molecule has 0 aliphatic carbocycles. The Balaban J connectivity index is 0.000000980. The van der Waals surface area contributed by atoms with Gasteiger partial charge in [0.05, 0.1) is 11.5 Å². The van der Waals surface area contributed by atoms with Crippen molar-refractivity contribution >= 4 is 16.9 Å². The summed E-state index contributed by atoms with van der Waals surface area (Å²) in [5, 5.41) is 11.3. The number of carbonyl (C=O) groups excluding carboxylic acids is 1. The van der Waals surface area contributed by atoms with E-state index in [-0.39, 0.29) is 24.4 Å². The zero-order valence-electron chi connectivity index (χ0n) is 7.90. The van der Waals surface area contributed by atoms with Crippen LogP contribution in [-0.4, -0.2) is 11.0 Å². The van der Waals surface area contributed by atoms with Crippen molar-refractivity contribution in [3.63, 3.8) is 0 Å². The molecule has 0 radical (unpaired) electrons. The van der Waals surface area contributed by atoms with E-state index in [0.29, 0.717) is 16.7 Å². The summed E-state index contributed by atoms with van der Waals surface area (Å²) in [5.41, 5.74) is 0.318. The maximum Gasteiger partial charge on any atom is 1.00 e. The first kappa shape index (κ1) is 10.8. The van der Waals surface area contributed by atoms with Gasteiger partial charge in [0, 0.05) is 17.8 Å². The van der Waals surface area contributed by atoms with Crippen molar-refractivity contribution in [2.45, 2.75) is 6.92 Å². The molecule has 5 heteroatoms. The molecule has 0 bridgehead atoms. The van der Waals surface area contributed by atoms with Crippen molar-refractivity contribution in [2.75, 3.05) is 0 Å². The molecule has 0 N–H and O–H groups in total. The van der Waals surface area contributed by atoms with E-state index in [1.165, 1.54) is 6.20 Å². The van der Waals surface area contributed by atoms with Gasteiger partial charge in [0.25, 0.3) is 0 Å². The number of hydrogen-bond donors (Lipinski definition) is 0. The van der Waals surface area contributed by atoms with Gasteiger partial charge in [0.2, 0.25) is 0 Å². The van der Waals surface area contributed by atoms with Crippen LogP contribution in [0, 0.1) is 6.92 Å². The Bertz CT molecular complexity index is 478. The van der Waals surface area contributed by atoms with Crippen LogP contribution in [-0.2, 0) is 0 Å². The molecule has 2 aromatic rings. The topological polar surface area (TPSA) is 66.2 Å². The van der Waals surface area contributed by atoms with Crippen molar-refractivity contribution in [1.82, 2.24) is 4.98 Å². The van der Waals surface area contributed by atoms with Crippen LogP contribution in [0.25, 0.3) is 11.0 Å². The number of aryl methyl sites for hydroxylation is 1. The number of carboxylic acid groups (broad SMARTS) is 1. The van der Waals surface area contributed by atoms with Crippen molar-refractivity contribution < 1.29 is 33.2 Å². The molecular weight excluding hydrogens is 177 g/mol. The number of nitrogens with zero attached hydrogens (tertiary/aromatic N) is 1. The number of furan rings is 1. The van der Waals surface area contributed by atoms with Gasteiger partial charge in [-0.2, -0.15) is 0 Å². The minimum Gasteiger partial charge on any atom is -0.545 e. The fraction of sp³-hybridized carbons (Fsp3) is 0.111. The second-order valence-corrected chi connectivity index (χ2v) is 2.75. The van der Waals surface area contributed by atoms with E-state index < -0.39 is 5.97 Å². The van der Waals surface area contributed by atoms with E-state index in [1.54, 1.807) is 19.2 Å². The minimum absolute atomic E-state index is 0. The van der Waals surface area contributed by atoms with Crippen LogP contribution in [0.4, 0.5) is 0 Å². The van der Waals surface area contributed by atoms with Crippen LogP contribution in [0.5, 0.6) is 0 Å². The molecule has 0 fully saturated rings. The van der Waals surface area contributed by atoms with Gasteiger partial charge in [0.1, 0.15) is 11.3 Å². The Labute approximate surface area is 92.1 Å². The average molecular weight is 183 g/mol. The summed E-state index contributed by atoms with van der Waals surface area (Å²) in [4.78, 5) is 14.4. The molecule has 2 heterocycles. The molecule has 0 unspecified atom stereocenters. The van der Waals surface area contributed by atoms with Crippen LogP contribution in [0.15, 0.2) is 22.9 Å². The van der Waals surface area contributed by atoms with Gasteiger partial charge >= 0.3 is 18.9 Å². The van der Waals surface area contributed by atoms with Crippen molar-refractivity contribution in [1.29, 1.82) is 0 Å². The molecule has 0 aromatic carbocycles. The van der Waals surface area contributed by atoms with E-state index in [0.717, 1.165) is 0 Å². The molecule has 0 spiro atoms. The number of aromatic nitrogens is 1. The summed E-state index contributed by atoms with van der Waals surface area (Å²) >= 11 is 0. The number of rotatable bonds is 1. The normalized spacial score (nSPS) is 9.79. The smallest absolute Gasteiger partial charge is 0.545 e. The molecule has 2 rings (SSSR count). The standard InChI is InChI=1S/C9H7NO3.Li/c1-5-2-6-3-10-4-7(9(11)12)8(6)13-5;/h2-4H,1H3,(H,11,12);/q;+1/p-1. The SMILES string of the molecule is Cc1cc2cncc(C(=O)[O-])c2o1.[Li+]. The van der Waals surface area contributed by atoms with Gasteiger partial charge in [-0.05, 0) is 13.0 Å². The molecule has 4 nitrogen and oxygen atoms in total. The van der Waals surface area contributed by atoms with Crippen molar-refractivity contribution in [3.8, 4) is 0 Å². The molecular formula is C9H6LiNO3. The third kappa shape index (κ3) is 1.67.